The van der Waals surface area contributed by atoms with Crippen LogP contribution in [0.2, 0.25) is 19.6 Å². The highest BCUT2D eigenvalue weighted by molar-refractivity contribution is 6.69. The lowest BCUT2D eigenvalue weighted by Crippen LogP contribution is -2.21. The molecule has 0 bridgehead atoms. The Kier molecular flexibility index (Phi) is 11.3. The molecular formula is C16H32OSi. The highest BCUT2D eigenvalue weighted by Crippen LogP contribution is 2.08. The van der Waals surface area contributed by atoms with Crippen molar-refractivity contribution in [2.45, 2.75) is 77.9 Å². The highest BCUT2D eigenvalue weighted by atomic mass is 28.4. The molecule has 0 saturated heterocycles. The molecule has 0 fully saturated rings. The Morgan fingerprint density at radius 3 is 2.06 bits per heavy atom. The smallest absolute Gasteiger partial charge is 0.241 e. The van der Waals surface area contributed by atoms with Crippen LogP contribution in [0.4, 0.5) is 0 Å². The number of rotatable bonds is 11. The van der Waals surface area contributed by atoms with Crippen LogP contribution in [0.3, 0.4) is 0 Å². The zero-order valence-electron chi connectivity index (χ0n) is 12.9. The van der Waals surface area contributed by atoms with Crippen molar-refractivity contribution in [2.24, 2.45) is 0 Å². The molecule has 0 unspecified atom stereocenters. The van der Waals surface area contributed by atoms with Gasteiger partial charge in [0.15, 0.2) is 0 Å². The topological polar surface area (TPSA) is 9.23 Å². The summed E-state index contributed by atoms with van der Waals surface area (Å²) >= 11 is 0. The summed E-state index contributed by atoms with van der Waals surface area (Å²) in [7, 11) is -1.38. The molecule has 0 aromatic carbocycles. The quantitative estimate of drug-likeness (QED) is 0.192. The molecule has 0 atom stereocenters. The Bertz CT molecular complexity index is 226. The highest BCUT2D eigenvalue weighted by Gasteiger charge is 2.12. The summed E-state index contributed by atoms with van der Waals surface area (Å²) in [6.07, 6.45) is 19.1. The fraction of sp³-hybridized carbons (Fsp3) is 0.750. The molecule has 0 aliphatic rings. The molecule has 2 heteroatoms. The van der Waals surface area contributed by atoms with Gasteiger partial charge >= 0.3 is 0 Å². The lowest BCUT2D eigenvalue weighted by Gasteiger charge is -2.14. The van der Waals surface area contributed by atoms with Crippen molar-refractivity contribution in [1.82, 2.24) is 0 Å². The maximum atomic E-state index is 5.62. The summed E-state index contributed by atoms with van der Waals surface area (Å²) in [5.41, 5.74) is 0. The van der Waals surface area contributed by atoms with Crippen molar-refractivity contribution >= 4 is 8.32 Å². The van der Waals surface area contributed by atoms with Crippen molar-refractivity contribution in [2.75, 3.05) is 0 Å². The molecule has 0 aromatic rings. The van der Waals surface area contributed by atoms with E-state index in [9.17, 15) is 0 Å². The predicted octanol–water partition coefficient (Wildman–Crippen LogP) is 6.05. The maximum absolute atomic E-state index is 5.62. The van der Waals surface area contributed by atoms with E-state index in [1.165, 1.54) is 51.4 Å². The Labute approximate surface area is 115 Å². The second kappa shape index (κ2) is 11.6. The van der Waals surface area contributed by atoms with Crippen molar-refractivity contribution in [3.63, 3.8) is 0 Å². The third-order valence-corrected chi connectivity index (χ3v) is 3.56. The summed E-state index contributed by atoms with van der Waals surface area (Å²) in [6.45, 7) is 8.85. The average molecular weight is 269 g/mol. The van der Waals surface area contributed by atoms with Crippen LogP contribution in [0, 0.1) is 0 Å². The normalized spacial score (nSPS) is 12.7. The SMILES string of the molecule is CCCCCCCCCC=CC=CO[Si](C)(C)C. The molecule has 0 aliphatic heterocycles. The summed E-state index contributed by atoms with van der Waals surface area (Å²) in [4.78, 5) is 0. The second-order valence-corrected chi connectivity index (χ2v) is 10.4. The molecule has 0 radical (unpaired) electrons. The zero-order chi connectivity index (χ0) is 13.7. The van der Waals surface area contributed by atoms with E-state index >= 15 is 0 Å². The van der Waals surface area contributed by atoms with Gasteiger partial charge in [0.05, 0.1) is 6.26 Å². The van der Waals surface area contributed by atoms with E-state index in [0.29, 0.717) is 0 Å². The standard InChI is InChI=1S/C16H32OSi/c1-5-6-7-8-9-10-11-12-13-14-15-16-17-18(2,3)4/h13-16H,5-12H2,1-4H3. The first kappa shape index (κ1) is 17.5. The number of allylic oxidation sites excluding steroid dienone is 3. The molecule has 18 heavy (non-hydrogen) atoms. The molecule has 1 nitrogen and oxygen atoms in total. The van der Waals surface area contributed by atoms with Gasteiger partial charge in [0.1, 0.15) is 0 Å². The molecule has 0 aliphatic carbocycles. The van der Waals surface area contributed by atoms with Gasteiger partial charge in [-0.1, -0.05) is 57.6 Å². The van der Waals surface area contributed by atoms with E-state index in [1.54, 1.807) is 0 Å². The fourth-order valence-corrected chi connectivity index (χ4v) is 2.17. The molecule has 0 heterocycles. The van der Waals surface area contributed by atoms with Crippen LogP contribution in [0.15, 0.2) is 24.5 Å². The third kappa shape index (κ3) is 15.5. The first-order valence-electron chi connectivity index (χ1n) is 7.56. The first-order valence-corrected chi connectivity index (χ1v) is 11.0. The zero-order valence-corrected chi connectivity index (χ0v) is 13.9. The maximum Gasteiger partial charge on any atom is 0.241 e. The van der Waals surface area contributed by atoms with Gasteiger partial charge in [0.25, 0.3) is 0 Å². The van der Waals surface area contributed by atoms with Gasteiger partial charge in [-0.2, -0.15) is 0 Å². The summed E-state index contributed by atoms with van der Waals surface area (Å²) < 4.78 is 5.62. The van der Waals surface area contributed by atoms with Gasteiger partial charge in [-0.25, -0.2) is 0 Å². The van der Waals surface area contributed by atoms with Crippen LogP contribution in [-0.2, 0) is 4.43 Å². The molecule has 0 amide bonds. The Morgan fingerprint density at radius 2 is 1.44 bits per heavy atom. The minimum Gasteiger partial charge on any atom is -0.550 e. The molecule has 0 N–H and O–H groups in total. The summed E-state index contributed by atoms with van der Waals surface area (Å²) in [5, 5.41) is 0. The predicted molar refractivity (Wildman–Crippen MR) is 85.3 cm³/mol. The number of hydrogen-bond donors (Lipinski definition) is 0. The molecule has 0 saturated carbocycles. The van der Waals surface area contributed by atoms with Gasteiger partial charge in [-0.15, -0.1) is 0 Å². The van der Waals surface area contributed by atoms with E-state index in [0.717, 1.165) is 0 Å². The van der Waals surface area contributed by atoms with E-state index in [4.69, 9.17) is 4.43 Å². The Hall–Kier alpha value is -0.503. The van der Waals surface area contributed by atoms with Crippen LogP contribution in [0.1, 0.15) is 58.3 Å². The van der Waals surface area contributed by atoms with Gasteiger partial charge < -0.3 is 4.43 Å². The van der Waals surface area contributed by atoms with E-state index < -0.39 is 8.32 Å². The van der Waals surface area contributed by atoms with Gasteiger partial charge in [-0.05, 0) is 38.6 Å². The van der Waals surface area contributed by atoms with Gasteiger partial charge in [-0.3, -0.25) is 0 Å². The number of unbranched alkanes of at least 4 members (excludes halogenated alkanes) is 7. The molecule has 0 spiro atoms. The lowest BCUT2D eigenvalue weighted by atomic mass is 10.1. The monoisotopic (exact) mass is 268 g/mol. The van der Waals surface area contributed by atoms with Crippen LogP contribution >= 0.6 is 0 Å². The van der Waals surface area contributed by atoms with Crippen LogP contribution in [0.5, 0.6) is 0 Å². The van der Waals surface area contributed by atoms with E-state index in [-0.39, 0.29) is 0 Å². The largest absolute Gasteiger partial charge is 0.550 e. The minimum absolute atomic E-state index is 1.20. The molecular weight excluding hydrogens is 236 g/mol. The Balaban J connectivity index is 3.28. The van der Waals surface area contributed by atoms with Crippen molar-refractivity contribution in [3.05, 3.63) is 24.5 Å². The summed E-state index contributed by atoms with van der Waals surface area (Å²) in [6, 6.07) is 0. The molecule has 0 aromatic heterocycles. The van der Waals surface area contributed by atoms with Crippen LogP contribution in [0.25, 0.3) is 0 Å². The van der Waals surface area contributed by atoms with Crippen LogP contribution < -0.4 is 0 Å². The average Bonchev–Trinajstić information content (AvgIpc) is 2.29. The van der Waals surface area contributed by atoms with Crippen molar-refractivity contribution in [1.29, 1.82) is 0 Å². The molecule has 0 rings (SSSR count). The molecule has 106 valence electrons. The van der Waals surface area contributed by atoms with Crippen molar-refractivity contribution in [3.8, 4) is 0 Å². The lowest BCUT2D eigenvalue weighted by molar-refractivity contribution is 0.479. The van der Waals surface area contributed by atoms with Crippen molar-refractivity contribution < 1.29 is 4.43 Å². The summed E-state index contributed by atoms with van der Waals surface area (Å²) in [5.74, 6) is 0. The Morgan fingerprint density at radius 1 is 0.833 bits per heavy atom. The second-order valence-electron chi connectivity index (χ2n) is 5.90. The first-order chi connectivity index (χ1) is 8.56. The third-order valence-electron chi connectivity index (χ3n) is 2.72. The number of hydrogen-bond acceptors (Lipinski definition) is 1. The van der Waals surface area contributed by atoms with Crippen LogP contribution in [-0.4, -0.2) is 8.32 Å². The fourth-order valence-electron chi connectivity index (χ4n) is 1.68. The van der Waals surface area contributed by atoms with E-state index in [1.807, 2.05) is 12.3 Å². The van der Waals surface area contributed by atoms with Gasteiger partial charge in [0, 0.05) is 0 Å². The van der Waals surface area contributed by atoms with Gasteiger partial charge in [0.2, 0.25) is 8.32 Å². The van der Waals surface area contributed by atoms with E-state index in [2.05, 4.69) is 38.7 Å². The minimum atomic E-state index is -1.38.